The van der Waals surface area contributed by atoms with E-state index >= 15 is 0 Å². The summed E-state index contributed by atoms with van der Waals surface area (Å²) in [6.45, 7) is 2.23. The summed E-state index contributed by atoms with van der Waals surface area (Å²) in [5, 5.41) is 4.03. The molecule has 0 aliphatic heterocycles. The van der Waals surface area contributed by atoms with Crippen LogP contribution in [0.1, 0.15) is 5.56 Å². The molecular weight excluding hydrogens is 244 g/mol. The largest absolute Gasteiger partial charge is 0.290 e. The number of para-hydroxylation sites is 2. The topological polar surface area (TPSA) is 8.81 Å². The third-order valence-electron chi connectivity index (χ3n) is 4.44. The van der Waals surface area contributed by atoms with Gasteiger partial charge >= 0.3 is 0 Å². The summed E-state index contributed by atoms with van der Waals surface area (Å²) >= 11 is 0. The van der Waals surface area contributed by atoms with Gasteiger partial charge in [-0.3, -0.25) is 0 Å². The molecule has 4 rings (SSSR count). The molecule has 2 aromatic heterocycles. The quantitative estimate of drug-likeness (QED) is 0.427. The molecule has 0 spiro atoms. The van der Waals surface area contributed by atoms with Gasteiger partial charge in [-0.2, -0.15) is 0 Å². The molecular formula is C18H17N2+. The number of aromatic nitrogens is 2. The summed E-state index contributed by atoms with van der Waals surface area (Å²) in [4.78, 5) is 0. The highest BCUT2D eigenvalue weighted by molar-refractivity contribution is 6.10. The molecule has 0 N–H and O–H groups in total. The van der Waals surface area contributed by atoms with Crippen LogP contribution in [0.4, 0.5) is 0 Å². The zero-order valence-electron chi connectivity index (χ0n) is 12.0. The molecule has 0 saturated carbocycles. The fourth-order valence-electron chi connectivity index (χ4n) is 3.47. The Hall–Kier alpha value is -2.35. The SMILES string of the molecule is Cc1c2ccccc2[n+](C)c2c1c1ccccc1n2C. The molecule has 0 fully saturated rings. The van der Waals surface area contributed by atoms with E-state index in [4.69, 9.17) is 0 Å². The van der Waals surface area contributed by atoms with E-state index in [1.165, 1.54) is 38.4 Å². The van der Waals surface area contributed by atoms with Crippen LogP contribution in [0, 0.1) is 6.92 Å². The summed E-state index contributed by atoms with van der Waals surface area (Å²) in [5.41, 5.74) is 5.22. The number of rotatable bonds is 0. The van der Waals surface area contributed by atoms with E-state index in [0.29, 0.717) is 0 Å². The Morgan fingerprint density at radius 1 is 0.900 bits per heavy atom. The Bertz CT molecular complexity index is 977. The van der Waals surface area contributed by atoms with Crippen LogP contribution < -0.4 is 4.57 Å². The third-order valence-corrected chi connectivity index (χ3v) is 4.44. The molecule has 2 heterocycles. The van der Waals surface area contributed by atoms with Crippen molar-refractivity contribution in [2.45, 2.75) is 6.92 Å². The highest BCUT2D eigenvalue weighted by Gasteiger charge is 2.21. The molecule has 0 aliphatic carbocycles. The maximum Gasteiger partial charge on any atom is 0.290 e. The molecule has 0 unspecified atom stereocenters. The zero-order chi connectivity index (χ0) is 13.9. The van der Waals surface area contributed by atoms with E-state index in [1.807, 2.05) is 0 Å². The molecule has 4 aromatic rings. The molecule has 0 atom stereocenters. The van der Waals surface area contributed by atoms with E-state index in [0.717, 1.165) is 0 Å². The van der Waals surface area contributed by atoms with E-state index in [1.54, 1.807) is 0 Å². The van der Waals surface area contributed by atoms with Crippen LogP contribution in [-0.2, 0) is 14.1 Å². The minimum Gasteiger partial charge on any atom is -0.229 e. The maximum absolute atomic E-state index is 2.30. The first kappa shape index (κ1) is 11.5. The van der Waals surface area contributed by atoms with E-state index < -0.39 is 0 Å². The van der Waals surface area contributed by atoms with E-state index in [2.05, 4.69) is 78.7 Å². The van der Waals surface area contributed by atoms with Crippen molar-refractivity contribution in [2.75, 3.05) is 0 Å². The molecule has 0 amide bonds. The summed E-state index contributed by atoms with van der Waals surface area (Å²) in [5.74, 6) is 0. The van der Waals surface area contributed by atoms with Crippen molar-refractivity contribution in [3.63, 3.8) is 0 Å². The highest BCUT2D eigenvalue weighted by atomic mass is 15.1. The van der Waals surface area contributed by atoms with Crippen LogP contribution in [-0.4, -0.2) is 4.57 Å². The smallest absolute Gasteiger partial charge is 0.229 e. The monoisotopic (exact) mass is 261 g/mol. The van der Waals surface area contributed by atoms with Gasteiger partial charge in [0, 0.05) is 10.8 Å². The van der Waals surface area contributed by atoms with Crippen LogP contribution in [0.15, 0.2) is 48.5 Å². The van der Waals surface area contributed by atoms with Crippen LogP contribution in [0.2, 0.25) is 0 Å². The predicted octanol–water partition coefficient (Wildman–Crippen LogP) is 3.62. The lowest BCUT2D eigenvalue weighted by Crippen LogP contribution is -2.32. The minimum absolute atomic E-state index is 1.28. The number of fused-ring (bicyclic) bond motifs is 4. The van der Waals surface area contributed by atoms with Crippen LogP contribution >= 0.6 is 0 Å². The second-order valence-electron chi connectivity index (χ2n) is 5.48. The molecule has 98 valence electrons. The van der Waals surface area contributed by atoms with Gasteiger partial charge in [-0.25, -0.2) is 9.13 Å². The summed E-state index contributed by atoms with van der Waals surface area (Å²) in [6.07, 6.45) is 0. The van der Waals surface area contributed by atoms with Gasteiger partial charge < -0.3 is 0 Å². The Balaban J connectivity index is 2.44. The van der Waals surface area contributed by atoms with Crippen molar-refractivity contribution in [3.05, 3.63) is 54.1 Å². The first-order valence-electron chi connectivity index (χ1n) is 6.94. The average molecular weight is 261 g/mol. The molecule has 20 heavy (non-hydrogen) atoms. The Morgan fingerprint density at radius 3 is 2.35 bits per heavy atom. The first-order valence-corrected chi connectivity index (χ1v) is 6.94. The van der Waals surface area contributed by atoms with Gasteiger partial charge in [0.2, 0.25) is 0 Å². The average Bonchev–Trinajstić information content (AvgIpc) is 2.79. The van der Waals surface area contributed by atoms with Crippen molar-refractivity contribution >= 4 is 32.8 Å². The van der Waals surface area contributed by atoms with Gasteiger partial charge in [0.05, 0.1) is 19.5 Å². The van der Waals surface area contributed by atoms with Crippen molar-refractivity contribution in [2.24, 2.45) is 14.1 Å². The van der Waals surface area contributed by atoms with Crippen molar-refractivity contribution < 1.29 is 4.57 Å². The van der Waals surface area contributed by atoms with Crippen LogP contribution in [0.5, 0.6) is 0 Å². The molecule has 2 heteroatoms. The molecule has 2 aromatic carbocycles. The summed E-state index contributed by atoms with van der Waals surface area (Å²) < 4.78 is 4.60. The Labute approximate surface area is 117 Å². The predicted molar refractivity (Wildman–Crippen MR) is 83.8 cm³/mol. The first-order chi connectivity index (χ1) is 9.70. The summed E-state index contributed by atoms with van der Waals surface area (Å²) in [6, 6.07) is 17.3. The number of hydrogen-bond acceptors (Lipinski definition) is 0. The number of benzene rings is 2. The Morgan fingerprint density at radius 2 is 1.55 bits per heavy atom. The van der Waals surface area contributed by atoms with Crippen molar-refractivity contribution in [1.29, 1.82) is 0 Å². The number of pyridine rings is 1. The van der Waals surface area contributed by atoms with Gasteiger partial charge in [0.1, 0.15) is 11.0 Å². The van der Waals surface area contributed by atoms with E-state index in [9.17, 15) is 0 Å². The number of nitrogens with zero attached hydrogens (tertiary/aromatic N) is 2. The van der Waals surface area contributed by atoms with Crippen molar-refractivity contribution in [3.8, 4) is 0 Å². The zero-order valence-corrected chi connectivity index (χ0v) is 12.0. The third kappa shape index (κ3) is 1.26. The lowest BCUT2D eigenvalue weighted by Gasteiger charge is -2.06. The molecule has 0 radical (unpaired) electrons. The van der Waals surface area contributed by atoms with Crippen LogP contribution in [0.25, 0.3) is 32.8 Å². The van der Waals surface area contributed by atoms with Crippen molar-refractivity contribution in [1.82, 2.24) is 4.57 Å². The van der Waals surface area contributed by atoms with E-state index in [-0.39, 0.29) is 0 Å². The second kappa shape index (κ2) is 3.83. The van der Waals surface area contributed by atoms with Gasteiger partial charge in [0.15, 0.2) is 0 Å². The molecule has 0 bridgehead atoms. The summed E-state index contributed by atoms with van der Waals surface area (Å²) in [7, 11) is 4.31. The standard InChI is InChI=1S/C18H17N2/c1-12-13-8-4-6-10-15(13)19(2)18-17(12)14-9-5-7-11-16(14)20(18)3/h4-11H,1-3H3/q+1. The van der Waals surface area contributed by atoms with Gasteiger partial charge in [-0.15, -0.1) is 0 Å². The second-order valence-corrected chi connectivity index (χ2v) is 5.48. The molecule has 0 aliphatic rings. The fourth-order valence-corrected chi connectivity index (χ4v) is 3.47. The normalized spacial score (nSPS) is 11.8. The van der Waals surface area contributed by atoms with Crippen LogP contribution in [0.3, 0.4) is 0 Å². The highest BCUT2D eigenvalue weighted by Crippen LogP contribution is 2.31. The minimum atomic E-state index is 1.28. The lowest BCUT2D eigenvalue weighted by molar-refractivity contribution is -0.620. The van der Waals surface area contributed by atoms with Gasteiger partial charge in [-0.1, -0.05) is 30.3 Å². The fraction of sp³-hybridized carbons (Fsp3) is 0.167. The van der Waals surface area contributed by atoms with Gasteiger partial charge in [-0.05, 0) is 30.7 Å². The number of aryl methyl sites for hydroxylation is 3. The van der Waals surface area contributed by atoms with Gasteiger partial charge in [0.25, 0.3) is 5.65 Å². The molecule has 0 saturated heterocycles. The Kier molecular flexibility index (Phi) is 2.19. The maximum atomic E-state index is 2.30. The lowest BCUT2D eigenvalue weighted by atomic mass is 10.0. The molecule has 2 nitrogen and oxygen atoms in total. The number of hydrogen-bond donors (Lipinski definition) is 0.